The molecule has 0 saturated carbocycles. The van der Waals surface area contributed by atoms with E-state index in [-0.39, 0.29) is 17.6 Å². The average Bonchev–Trinajstić information content (AvgIpc) is 2.75. The number of carbonyl (C=O) groups excluding carboxylic acids is 2. The van der Waals surface area contributed by atoms with Gasteiger partial charge in [0.25, 0.3) is 0 Å². The molecule has 0 fully saturated rings. The van der Waals surface area contributed by atoms with Crippen LogP contribution in [0.15, 0.2) is 22.2 Å². The Hall–Kier alpha value is -1.42. The number of halogens is 1. The first kappa shape index (κ1) is 13.6. The fourth-order valence-electron chi connectivity index (χ4n) is 3.40. The monoisotopic (exact) mass is 333 g/mol. The van der Waals surface area contributed by atoms with Crippen LogP contribution in [0, 0.1) is 5.92 Å². The second-order valence-electron chi connectivity index (χ2n) is 5.65. The van der Waals surface area contributed by atoms with Crippen molar-refractivity contribution in [2.75, 3.05) is 0 Å². The zero-order valence-electron chi connectivity index (χ0n) is 11.3. The van der Waals surface area contributed by atoms with Crippen LogP contribution in [0.25, 0.3) is 5.57 Å². The number of amides is 1. The van der Waals surface area contributed by atoms with Gasteiger partial charge >= 0.3 is 0 Å². The van der Waals surface area contributed by atoms with Crippen LogP contribution in [0.4, 0.5) is 0 Å². The molecule has 2 aliphatic carbocycles. The molecule has 1 aromatic rings. The van der Waals surface area contributed by atoms with Crippen LogP contribution in [-0.2, 0) is 11.2 Å². The van der Waals surface area contributed by atoms with Crippen molar-refractivity contribution in [2.45, 2.75) is 32.6 Å². The van der Waals surface area contributed by atoms with Crippen molar-refractivity contribution >= 4 is 33.2 Å². The number of fused-ring (bicyclic) bond motifs is 2. The number of carbonyl (C=O) groups is 2. The zero-order valence-corrected chi connectivity index (χ0v) is 12.9. The Morgan fingerprint density at radius 2 is 2.10 bits per heavy atom. The summed E-state index contributed by atoms with van der Waals surface area (Å²) in [6.07, 6.45) is 3.42. The maximum Gasteiger partial charge on any atom is 0.249 e. The molecule has 3 rings (SSSR count). The molecule has 3 nitrogen and oxygen atoms in total. The lowest BCUT2D eigenvalue weighted by Gasteiger charge is -2.22. The van der Waals surface area contributed by atoms with Crippen LogP contribution < -0.4 is 5.73 Å². The van der Waals surface area contributed by atoms with Crippen LogP contribution >= 0.6 is 15.9 Å². The van der Waals surface area contributed by atoms with E-state index in [2.05, 4.69) is 22.0 Å². The number of benzene rings is 1. The first-order valence-electron chi connectivity index (χ1n) is 6.81. The molecule has 1 unspecified atom stereocenters. The molecule has 4 heteroatoms. The average molecular weight is 334 g/mol. The van der Waals surface area contributed by atoms with Gasteiger partial charge in [0, 0.05) is 16.0 Å². The van der Waals surface area contributed by atoms with Crippen LogP contribution in [-0.4, -0.2) is 11.7 Å². The number of allylic oxidation sites excluding steroid dienone is 2. The molecule has 1 atom stereocenters. The minimum absolute atomic E-state index is 0.142. The van der Waals surface area contributed by atoms with Gasteiger partial charge in [-0.15, -0.1) is 0 Å². The molecule has 0 bridgehead atoms. The Morgan fingerprint density at radius 1 is 1.35 bits per heavy atom. The van der Waals surface area contributed by atoms with Crippen molar-refractivity contribution in [1.82, 2.24) is 0 Å². The summed E-state index contributed by atoms with van der Waals surface area (Å²) in [6, 6.07) is 3.86. The molecule has 0 spiro atoms. The van der Waals surface area contributed by atoms with E-state index in [1.165, 1.54) is 11.1 Å². The fourth-order valence-corrected chi connectivity index (χ4v) is 3.86. The molecule has 0 heterocycles. The normalized spacial score (nSPS) is 20.6. The minimum Gasteiger partial charge on any atom is -0.366 e. The number of rotatable bonds is 2. The predicted octanol–water partition coefficient (Wildman–Crippen LogP) is 3.25. The Balaban J connectivity index is 2.04. The number of Topliss-reactive ketones (excluding diaryl/α,β-unsaturated/α-hetero) is 1. The van der Waals surface area contributed by atoms with Gasteiger partial charge in [-0.1, -0.05) is 21.5 Å². The third kappa shape index (κ3) is 2.12. The Labute approximate surface area is 126 Å². The molecule has 2 aliphatic rings. The van der Waals surface area contributed by atoms with Crippen molar-refractivity contribution < 1.29 is 9.59 Å². The molecule has 0 aliphatic heterocycles. The van der Waals surface area contributed by atoms with Crippen LogP contribution in [0.3, 0.4) is 0 Å². The second kappa shape index (κ2) is 4.85. The van der Waals surface area contributed by atoms with Gasteiger partial charge in [-0.25, -0.2) is 0 Å². The molecule has 20 heavy (non-hydrogen) atoms. The highest BCUT2D eigenvalue weighted by Crippen LogP contribution is 2.45. The van der Waals surface area contributed by atoms with Crippen molar-refractivity contribution in [3.63, 3.8) is 0 Å². The van der Waals surface area contributed by atoms with Gasteiger partial charge in [0.1, 0.15) is 5.78 Å². The third-order valence-electron chi connectivity index (χ3n) is 4.43. The SMILES string of the molecule is CC(=O)C1CCC2=C(Cc3c(C(N)=O)cc(Br)cc32)C1. The van der Waals surface area contributed by atoms with Crippen molar-refractivity contribution in [2.24, 2.45) is 11.7 Å². The Morgan fingerprint density at radius 3 is 2.75 bits per heavy atom. The zero-order chi connectivity index (χ0) is 14.4. The largest absolute Gasteiger partial charge is 0.366 e. The summed E-state index contributed by atoms with van der Waals surface area (Å²) in [6.45, 7) is 1.67. The van der Waals surface area contributed by atoms with E-state index >= 15 is 0 Å². The summed E-state index contributed by atoms with van der Waals surface area (Å²) < 4.78 is 0.882. The summed E-state index contributed by atoms with van der Waals surface area (Å²) in [5.41, 5.74) is 10.9. The summed E-state index contributed by atoms with van der Waals surface area (Å²) in [5.74, 6) is 0.0258. The van der Waals surface area contributed by atoms with E-state index in [0.29, 0.717) is 5.56 Å². The van der Waals surface area contributed by atoms with Gasteiger partial charge in [-0.3, -0.25) is 9.59 Å². The molecule has 0 aromatic heterocycles. The highest BCUT2D eigenvalue weighted by molar-refractivity contribution is 9.10. The summed E-state index contributed by atoms with van der Waals surface area (Å²) in [7, 11) is 0. The number of hydrogen-bond acceptors (Lipinski definition) is 2. The molecule has 1 amide bonds. The third-order valence-corrected chi connectivity index (χ3v) is 4.89. The number of ketones is 1. The fraction of sp³-hybridized carbons (Fsp3) is 0.375. The number of nitrogens with two attached hydrogens (primary N) is 1. The van der Waals surface area contributed by atoms with E-state index in [1.807, 2.05) is 0 Å². The summed E-state index contributed by atoms with van der Waals surface area (Å²) in [5, 5.41) is 0. The van der Waals surface area contributed by atoms with E-state index in [0.717, 1.165) is 41.3 Å². The Bertz CT molecular complexity index is 661. The smallest absolute Gasteiger partial charge is 0.249 e. The molecule has 2 N–H and O–H groups in total. The molecule has 0 radical (unpaired) electrons. The molecular formula is C16H16BrNO2. The van der Waals surface area contributed by atoms with Gasteiger partial charge in [0.15, 0.2) is 0 Å². The highest BCUT2D eigenvalue weighted by atomic mass is 79.9. The van der Waals surface area contributed by atoms with Gasteiger partial charge in [-0.05, 0) is 61.4 Å². The van der Waals surface area contributed by atoms with Gasteiger partial charge in [-0.2, -0.15) is 0 Å². The number of primary amides is 1. The number of hydrogen-bond donors (Lipinski definition) is 1. The van der Waals surface area contributed by atoms with Crippen molar-refractivity contribution in [3.8, 4) is 0 Å². The summed E-state index contributed by atoms with van der Waals surface area (Å²) in [4.78, 5) is 23.2. The topological polar surface area (TPSA) is 60.2 Å². The van der Waals surface area contributed by atoms with Crippen LogP contribution in [0.1, 0.15) is 47.7 Å². The predicted molar refractivity (Wildman–Crippen MR) is 81.3 cm³/mol. The van der Waals surface area contributed by atoms with Crippen molar-refractivity contribution in [1.29, 1.82) is 0 Å². The van der Waals surface area contributed by atoms with E-state index in [1.54, 1.807) is 13.0 Å². The quantitative estimate of drug-likeness (QED) is 0.902. The summed E-state index contributed by atoms with van der Waals surface area (Å²) >= 11 is 3.45. The van der Waals surface area contributed by atoms with Gasteiger partial charge in [0.05, 0.1) is 0 Å². The first-order chi connectivity index (χ1) is 9.47. The lowest BCUT2D eigenvalue weighted by atomic mass is 9.82. The van der Waals surface area contributed by atoms with Crippen LogP contribution in [0.5, 0.6) is 0 Å². The van der Waals surface area contributed by atoms with E-state index in [4.69, 9.17) is 5.73 Å². The van der Waals surface area contributed by atoms with Crippen LogP contribution in [0.2, 0.25) is 0 Å². The maximum absolute atomic E-state index is 11.6. The molecule has 104 valence electrons. The first-order valence-corrected chi connectivity index (χ1v) is 7.60. The lowest BCUT2D eigenvalue weighted by Crippen LogP contribution is -2.16. The Kier molecular flexibility index (Phi) is 3.28. The molecule has 1 aromatic carbocycles. The molecule has 0 saturated heterocycles. The van der Waals surface area contributed by atoms with E-state index in [9.17, 15) is 9.59 Å². The highest BCUT2D eigenvalue weighted by Gasteiger charge is 2.32. The lowest BCUT2D eigenvalue weighted by molar-refractivity contribution is -0.120. The van der Waals surface area contributed by atoms with Gasteiger partial charge in [0.2, 0.25) is 5.91 Å². The molecular weight excluding hydrogens is 318 g/mol. The second-order valence-corrected chi connectivity index (χ2v) is 6.57. The maximum atomic E-state index is 11.6. The van der Waals surface area contributed by atoms with Gasteiger partial charge < -0.3 is 5.73 Å². The van der Waals surface area contributed by atoms with E-state index < -0.39 is 0 Å². The van der Waals surface area contributed by atoms with Crippen molar-refractivity contribution in [3.05, 3.63) is 38.9 Å². The minimum atomic E-state index is -0.384. The standard InChI is InChI=1S/C16H16BrNO2/c1-8(19)9-2-3-12-10(4-9)5-13-14(12)6-11(17)7-15(13)16(18)20/h6-7,9H,2-5H2,1H3,(H2,18,20).